The van der Waals surface area contributed by atoms with Crippen molar-refractivity contribution in [3.63, 3.8) is 0 Å². The topological polar surface area (TPSA) is 65.5 Å². The lowest BCUT2D eigenvalue weighted by atomic mass is 10.3. The van der Waals surface area contributed by atoms with Gasteiger partial charge in [0.05, 0.1) is 6.54 Å². The molecule has 1 amide bonds. The minimum atomic E-state index is 0.166. The summed E-state index contributed by atoms with van der Waals surface area (Å²) >= 11 is 1.68. The number of rotatable bonds is 8. The smallest absolute Gasteiger partial charge is 0.220 e. The number of nitrogens with one attached hydrogen (secondary N) is 3. The number of amides is 1. The van der Waals surface area contributed by atoms with Crippen LogP contribution in [0.25, 0.3) is 0 Å². The molecule has 1 saturated carbocycles. The lowest BCUT2D eigenvalue weighted by Crippen LogP contribution is -2.38. The molecule has 0 atom stereocenters. The quantitative estimate of drug-likeness (QED) is 0.390. The molecule has 21 heavy (non-hydrogen) atoms. The van der Waals surface area contributed by atoms with Crippen LogP contribution in [0.3, 0.4) is 0 Å². The van der Waals surface area contributed by atoms with Crippen molar-refractivity contribution < 1.29 is 4.79 Å². The van der Waals surface area contributed by atoms with Crippen LogP contribution < -0.4 is 16.0 Å². The van der Waals surface area contributed by atoms with Crippen molar-refractivity contribution in [2.45, 2.75) is 45.2 Å². The Labute approximate surface area is 130 Å². The highest BCUT2D eigenvalue weighted by molar-refractivity contribution is 7.07. The second kappa shape index (κ2) is 8.67. The third kappa shape index (κ3) is 6.62. The maximum Gasteiger partial charge on any atom is 0.220 e. The average Bonchev–Trinajstić information content (AvgIpc) is 3.12. The van der Waals surface area contributed by atoms with Crippen LogP contribution in [0.5, 0.6) is 0 Å². The summed E-state index contributed by atoms with van der Waals surface area (Å²) in [6, 6.07) is 2.54. The molecule has 0 saturated heterocycles. The first-order chi connectivity index (χ1) is 10.3. The average molecular weight is 308 g/mol. The molecule has 2 rings (SSSR count). The zero-order valence-electron chi connectivity index (χ0n) is 12.5. The van der Waals surface area contributed by atoms with Crippen molar-refractivity contribution in [1.29, 1.82) is 0 Å². The standard InChI is InChI=1S/C15H24N4OS/c1-2-16-15(18-10-12-7-9-21-11-12)17-8-3-4-14(20)19-13-5-6-13/h7,9,11,13H,2-6,8,10H2,1H3,(H,19,20)(H2,16,17,18). The van der Waals surface area contributed by atoms with Crippen LogP contribution in [0, 0.1) is 0 Å². The van der Waals surface area contributed by atoms with Gasteiger partial charge in [-0.3, -0.25) is 4.79 Å². The molecule has 5 nitrogen and oxygen atoms in total. The number of carbonyl (C=O) groups excluding carboxylic acids is 1. The van der Waals surface area contributed by atoms with E-state index >= 15 is 0 Å². The molecule has 0 radical (unpaired) electrons. The molecule has 3 N–H and O–H groups in total. The van der Waals surface area contributed by atoms with Crippen LogP contribution in [0.1, 0.15) is 38.2 Å². The van der Waals surface area contributed by atoms with Gasteiger partial charge in [0.1, 0.15) is 0 Å². The zero-order chi connectivity index (χ0) is 14.9. The van der Waals surface area contributed by atoms with Gasteiger partial charge in [-0.1, -0.05) is 0 Å². The molecular formula is C15H24N4OS. The van der Waals surface area contributed by atoms with Gasteiger partial charge in [0.25, 0.3) is 0 Å². The van der Waals surface area contributed by atoms with E-state index in [0.29, 0.717) is 19.0 Å². The summed E-state index contributed by atoms with van der Waals surface area (Å²) in [5.41, 5.74) is 1.22. The van der Waals surface area contributed by atoms with Gasteiger partial charge in [-0.2, -0.15) is 11.3 Å². The van der Waals surface area contributed by atoms with E-state index in [1.807, 2.05) is 6.92 Å². The summed E-state index contributed by atoms with van der Waals surface area (Å²) in [6.07, 6.45) is 3.68. The van der Waals surface area contributed by atoms with E-state index in [1.165, 1.54) is 5.56 Å². The molecule has 0 aromatic carbocycles. The lowest BCUT2D eigenvalue weighted by Gasteiger charge is -2.11. The zero-order valence-corrected chi connectivity index (χ0v) is 13.3. The minimum absolute atomic E-state index is 0.166. The molecule has 1 heterocycles. The fraction of sp³-hybridized carbons (Fsp3) is 0.600. The Morgan fingerprint density at radius 2 is 2.29 bits per heavy atom. The number of thiophene rings is 1. The number of aliphatic imine (C=N–C) groups is 1. The highest BCUT2D eigenvalue weighted by Gasteiger charge is 2.22. The van der Waals surface area contributed by atoms with Gasteiger partial charge >= 0.3 is 0 Å². The van der Waals surface area contributed by atoms with Gasteiger partial charge in [0.15, 0.2) is 5.96 Å². The van der Waals surface area contributed by atoms with E-state index in [0.717, 1.165) is 38.3 Å². The van der Waals surface area contributed by atoms with Crippen molar-refractivity contribution in [1.82, 2.24) is 16.0 Å². The van der Waals surface area contributed by atoms with E-state index in [2.05, 4.69) is 37.8 Å². The molecule has 0 aliphatic heterocycles. The molecule has 116 valence electrons. The van der Waals surface area contributed by atoms with Crippen LogP contribution in [0.15, 0.2) is 21.8 Å². The van der Waals surface area contributed by atoms with Crippen LogP contribution in [0.2, 0.25) is 0 Å². The van der Waals surface area contributed by atoms with Gasteiger partial charge < -0.3 is 16.0 Å². The number of hydrogen-bond donors (Lipinski definition) is 3. The summed E-state index contributed by atoms with van der Waals surface area (Å²) in [5.74, 6) is 0.978. The van der Waals surface area contributed by atoms with Gasteiger partial charge in [-0.25, -0.2) is 4.99 Å². The molecule has 1 aliphatic carbocycles. The van der Waals surface area contributed by atoms with E-state index in [-0.39, 0.29) is 5.91 Å². The van der Waals surface area contributed by atoms with Crippen molar-refractivity contribution in [2.75, 3.05) is 13.1 Å². The predicted octanol–water partition coefficient (Wildman–Crippen LogP) is 1.86. The summed E-state index contributed by atoms with van der Waals surface area (Å²) in [6.45, 7) is 4.32. The SMILES string of the molecule is CCNC(=NCc1ccsc1)NCCCC(=O)NC1CC1. The van der Waals surface area contributed by atoms with E-state index in [9.17, 15) is 4.79 Å². The normalized spacial score (nSPS) is 14.8. The first-order valence-electron chi connectivity index (χ1n) is 7.60. The van der Waals surface area contributed by atoms with Gasteiger partial charge in [-0.15, -0.1) is 0 Å². The fourth-order valence-corrected chi connectivity index (χ4v) is 2.54. The summed E-state index contributed by atoms with van der Waals surface area (Å²) in [5, 5.41) is 13.7. The van der Waals surface area contributed by atoms with Crippen LogP contribution in [0.4, 0.5) is 0 Å². The van der Waals surface area contributed by atoms with Crippen LogP contribution >= 0.6 is 11.3 Å². The Morgan fingerprint density at radius 3 is 2.95 bits per heavy atom. The molecule has 1 aromatic rings. The Hall–Kier alpha value is -1.56. The first-order valence-corrected chi connectivity index (χ1v) is 8.55. The van der Waals surface area contributed by atoms with Gasteiger partial charge in [0.2, 0.25) is 5.91 Å². The van der Waals surface area contributed by atoms with Crippen LogP contribution in [-0.4, -0.2) is 31.0 Å². The van der Waals surface area contributed by atoms with Gasteiger partial charge in [0, 0.05) is 25.6 Å². The molecule has 1 aromatic heterocycles. The fourth-order valence-electron chi connectivity index (χ4n) is 1.88. The Morgan fingerprint density at radius 1 is 1.43 bits per heavy atom. The molecule has 1 aliphatic rings. The molecule has 1 fully saturated rings. The van der Waals surface area contributed by atoms with E-state index < -0.39 is 0 Å². The van der Waals surface area contributed by atoms with Gasteiger partial charge in [-0.05, 0) is 48.6 Å². The monoisotopic (exact) mass is 308 g/mol. The van der Waals surface area contributed by atoms with E-state index in [1.54, 1.807) is 11.3 Å². The summed E-state index contributed by atoms with van der Waals surface area (Å²) in [4.78, 5) is 16.1. The maximum absolute atomic E-state index is 11.6. The third-order valence-corrected chi connectivity index (χ3v) is 3.89. The third-order valence-electron chi connectivity index (χ3n) is 3.16. The molecule has 0 unspecified atom stereocenters. The van der Waals surface area contributed by atoms with Crippen molar-refractivity contribution >= 4 is 23.2 Å². The number of guanidine groups is 1. The van der Waals surface area contributed by atoms with Crippen molar-refractivity contribution in [3.05, 3.63) is 22.4 Å². The molecule has 6 heteroatoms. The Bertz CT molecular complexity index is 454. The van der Waals surface area contributed by atoms with E-state index in [4.69, 9.17) is 0 Å². The molecule has 0 bridgehead atoms. The second-order valence-corrected chi connectivity index (χ2v) is 5.98. The second-order valence-electron chi connectivity index (χ2n) is 5.20. The number of carbonyl (C=O) groups is 1. The first kappa shape index (κ1) is 15.8. The number of hydrogen-bond acceptors (Lipinski definition) is 3. The predicted molar refractivity (Wildman–Crippen MR) is 87.5 cm³/mol. The Kier molecular flexibility index (Phi) is 6.53. The van der Waals surface area contributed by atoms with Crippen LogP contribution in [-0.2, 0) is 11.3 Å². The number of nitrogens with zero attached hydrogens (tertiary/aromatic N) is 1. The lowest BCUT2D eigenvalue weighted by molar-refractivity contribution is -0.121. The summed E-state index contributed by atoms with van der Waals surface area (Å²) < 4.78 is 0. The minimum Gasteiger partial charge on any atom is -0.357 e. The Balaban J connectivity index is 1.64. The molecular weight excluding hydrogens is 284 g/mol. The molecule has 0 spiro atoms. The largest absolute Gasteiger partial charge is 0.357 e. The maximum atomic E-state index is 11.6. The highest BCUT2D eigenvalue weighted by atomic mass is 32.1. The highest BCUT2D eigenvalue weighted by Crippen LogP contribution is 2.18. The summed E-state index contributed by atoms with van der Waals surface area (Å²) in [7, 11) is 0. The van der Waals surface area contributed by atoms with Crippen molar-refractivity contribution in [3.8, 4) is 0 Å². The van der Waals surface area contributed by atoms with Crippen molar-refractivity contribution in [2.24, 2.45) is 4.99 Å².